The van der Waals surface area contributed by atoms with Crippen molar-refractivity contribution in [2.45, 2.75) is 6.04 Å². The highest BCUT2D eigenvalue weighted by Crippen LogP contribution is 2.24. The molecule has 1 aliphatic rings. The monoisotopic (exact) mass is 268 g/mol. The van der Waals surface area contributed by atoms with Crippen molar-refractivity contribution in [1.29, 1.82) is 0 Å². The van der Waals surface area contributed by atoms with Crippen LogP contribution in [-0.2, 0) is 9.53 Å². The van der Waals surface area contributed by atoms with Crippen molar-refractivity contribution >= 4 is 17.6 Å². The third kappa shape index (κ3) is 2.65. The first-order valence-electron chi connectivity index (χ1n) is 5.67. The lowest BCUT2D eigenvalue weighted by molar-refractivity contribution is -0.121. The lowest BCUT2D eigenvalue weighted by Gasteiger charge is -2.35. The van der Waals surface area contributed by atoms with Gasteiger partial charge in [-0.3, -0.25) is 4.79 Å². The normalized spacial score (nSPS) is 19.2. The van der Waals surface area contributed by atoms with Crippen LogP contribution in [0.25, 0.3) is 0 Å². The van der Waals surface area contributed by atoms with Crippen LogP contribution in [0.5, 0.6) is 0 Å². The van der Waals surface area contributed by atoms with Crippen molar-refractivity contribution in [2.24, 2.45) is 5.73 Å². The first-order chi connectivity index (χ1) is 9.00. The molecule has 0 bridgehead atoms. The Balaban J connectivity index is 2.34. The van der Waals surface area contributed by atoms with Gasteiger partial charge in [0.25, 0.3) is 0 Å². The maximum Gasteiger partial charge on any atom is 0.335 e. The second-order valence-corrected chi connectivity index (χ2v) is 4.16. The van der Waals surface area contributed by atoms with E-state index in [4.69, 9.17) is 15.6 Å². The Labute approximate surface area is 108 Å². The van der Waals surface area contributed by atoms with Crippen LogP contribution < -0.4 is 10.6 Å². The van der Waals surface area contributed by atoms with Crippen LogP contribution in [0.4, 0.5) is 10.1 Å². The molecule has 1 fully saturated rings. The molecular formula is C12H13FN2O4. The summed E-state index contributed by atoms with van der Waals surface area (Å²) in [5.41, 5.74) is 5.25. The number of primary amides is 1. The number of nitrogens with two attached hydrogens (primary N) is 1. The summed E-state index contributed by atoms with van der Waals surface area (Å²) in [6.45, 7) is 0.760. The van der Waals surface area contributed by atoms with Gasteiger partial charge in [-0.1, -0.05) is 0 Å². The third-order valence-corrected chi connectivity index (χ3v) is 2.96. The van der Waals surface area contributed by atoms with Gasteiger partial charge in [0.05, 0.1) is 24.5 Å². The molecular weight excluding hydrogens is 255 g/mol. The largest absolute Gasteiger partial charge is 0.478 e. The number of aromatic carboxylic acids is 1. The van der Waals surface area contributed by atoms with E-state index in [1.54, 1.807) is 0 Å². The molecule has 1 saturated heterocycles. The smallest absolute Gasteiger partial charge is 0.335 e. The van der Waals surface area contributed by atoms with Crippen molar-refractivity contribution in [3.63, 3.8) is 0 Å². The molecule has 0 aliphatic carbocycles. The molecule has 1 heterocycles. The molecule has 0 radical (unpaired) electrons. The van der Waals surface area contributed by atoms with Gasteiger partial charge in [0, 0.05) is 6.54 Å². The summed E-state index contributed by atoms with van der Waals surface area (Å²) in [4.78, 5) is 23.5. The average molecular weight is 268 g/mol. The number of carbonyl (C=O) groups excluding carboxylic acids is 1. The predicted molar refractivity (Wildman–Crippen MR) is 64.5 cm³/mol. The molecule has 2 rings (SSSR count). The summed E-state index contributed by atoms with van der Waals surface area (Å²) in [6, 6.07) is 2.79. The number of ether oxygens (including phenoxy) is 1. The van der Waals surface area contributed by atoms with E-state index < -0.39 is 23.7 Å². The number of halogens is 1. The zero-order chi connectivity index (χ0) is 14.0. The topological polar surface area (TPSA) is 92.9 Å². The van der Waals surface area contributed by atoms with Crippen LogP contribution in [0.15, 0.2) is 18.2 Å². The van der Waals surface area contributed by atoms with Crippen LogP contribution in [0, 0.1) is 5.82 Å². The van der Waals surface area contributed by atoms with Crippen molar-refractivity contribution in [3.8, 4) is 0 Å². The fraction of sp³-hybridized carbons (Fsp3) is 0.333. The van der Waals surface area contributed by atoms with Crippen molar-refractivity contribution in [1.82, 2.24) is 0 Å². The first kappa shape index (κ1) is 13.3. The molecule has 0 spiro atoms. The number of nitrogens with zero attached hydrogens (tertiary/aromatic N) is 1. The minimum Gasteiger partial charge on any atom is -0.478 e. The predicted octanol–water partition coefficient (Wildman–Crippen LogP) is 0.214. The summed E-state index contributed by atoms with van der Waals surface area (Å²) in [6.07, 6.45) is 0. The van der Waals surface area contributed by atoms with Crippen molar-refractivity contribution < 1.29 is 23.8 Å². The molecule has 6 nitrogen and oxygen atoms in total. The van der Waals surface area contributed by atoms with Crippen LogP contribution in [0.1, 0.15) is 10.4 Å². The van der Waals surface area contributed by atoms with Crippen LogP contribution in [-0.4, -0.2) is 42.8 Å². The van der Waals surface area contributed by atoms with Gasteiger partial charge in [-0.15, -0.1) is 0 Å². The Morgan fingerprint density at radius 3 is 2.79 bits per heavy atom. The Kier molecular flexibility index (Phi) is 3.66. The van der Waals surface area contributed by atoms with E-state index in [9.17, 15) is 14.0 Å². The van der Waals surface area contributed by atoms with Crippen molar-refractivity contribution in [3.05, 3.63) is 29.6 Å². The van der Waals surface area contributed by atoms with Crippen LogP contribution >= 0.6 is 0 Å². The Bertz CT molecular complexity index is 520. The number of hydrogen-bond acceptors (Lipinski definition) is 4. The second kappa shape index (κ2) is 5.23. The van der Waals surface area contributed by atoms with E-state index in [1.165, 1.54) is 17.0 Å². The lowest BCUT2D eigenvalue weighted by atomic mass is 10.1. The van der Waals surface area contributed by atoms with Crippen molar-refractivity contribution in [2.75, 3.05) is 24.7 Å². The van der Waals surface area contributed by atoms with Gasteiger partial charge in [0.1, 0.15) is 11.9 Å². The minimum atomic E-state index is -1.21. The van der Waals surface area contributed by atoms with Gasteiger partial charge in [0.15, 0.2) is 0 Å². The molecule has 1 aromatic rings. The Morgan fingerprint density at radius 2 is 2.21 bits per heavy atom. The standard InChI is InChI=1S/C12H13FN2O4/c13-8-5-7(12(17)18)1-2-9(8)15-3-4-19-6-10(15)11(14)16/h1-2,5,10H,3-4,6H2,(H2,14,16)(H,17,18). The maximum absolute atomic E-state index is 13.9. The first-order valence-corrected chi connectivity index (χ1v) is 5.67. The summed E-state index contributed by atoms with van der Waals surface area (Å²) in [5, 5.41) is 8.78. The fourth-order valence-electron chi connectivity index (χ4n) is 2.00. The van der Waals surface area contributed by atoms with Gasteiger partial charge in [-0.25, -0.2) is 9.18 Å². The summed E-state index contributed by atoms with van der Waals surface area (Å²) in [7, 11) is 0. The van der Waals surface area contributed by atoms with E-state index in [0.717, 1.165) is 6.07 Å². The number of benzene rings is 1. The highest BCUT2D eigenvalue weighted by Gasteiger charge is 2.29. The second-order valence-electron chi connectivity index (χ2n) is 4.16. The van der Waals surface area contributed by atoms with E-state index in [0.29, 0.717) is 13.2 Å². The summed E-state index contributed by atoms with van der Waals surface area (Å²) < 4.78 is 19.1. The molecule has 19 heavy (non-hydrogen) atoms. The lowest BCUT2D eigenvalue weighted by Crippen LogP contribution is -2.53. The SMILES string of the molecule is NC(=O)C1COCCN1c1ccc(C(=O)O)cc1F. The molecule has 3 N–H and O–H groups in total. The zero-order valence-electron chi connectivity index (χ0n) is 10.0. The zero-order valence-corrected chi connectivity index (χ0v) is 10.0. The summed E-state index contributed by atoms with van der Waals surface area (Å²) in [5.74, 6) is -2.52. The number of amides is 1. The number of rotatable bonds is 3. The Morgan fingerprint density at radius 1 is 1.47 bits per heavy atom. The molecule has 7 heteroatoms. The van der Waals surface area contributed by atoms with Gasteiger partial charge in [-0.05, 0) is 18.2 Å². The molecule has 1 amide bonds. The molecule has 0 saturated carbocycles. The number of carbonyl (C=O) groups is 2. The van der Waals surface area contributed by atoms with Gasteiger partial charge < -0.3 is 20.5 Å². The molecule has 1 unspecified atom stereocenters. The van der Waals surface area contributed by atoms with Crippen LogP contribution in [0.2, 0.25) is 0 Å². The number of morpholine rings is 1. The molecule has 1 aromatic carbocycles. The summed E-state index contributed by atoms with van der Waals surface area (Å²) >= 11 is 0. The minimum absolute atomic E-state index is 0.0927. The Hall–Kier alpha value is -2.15. The van der Waals surface area contributed by atoms with Gasteiger partial charge >= 0.3 is 5.97 Å². The molecule has 1 aliphatic heterocycles. The highest BCUT2D eigenvalue weighted by molar-refractivity contribution is 5.88. The number of carboxylic acids is 1. The molecule has 0 aromatic heterocycles. The fourth-order valence-corrected chi connectivity index (χ4v) is 2.00. The van der Waals surface area contributed by atoms with Gasteiger partial charge in [-0.2, -0.15) is 0 Å². The highest BCUT2D eigenvalue weighted by atomic mass is 19.1. The van der Waals surface area contributed by atoms with Crippen LogP contribution in [0.3, 0.4) is 0 Å². The average Bonchev–Trinajstić information content (AvgIpc) is 2.38. The number of carboxylic acid groups (broad SMARTS) is 1. The quantitative estimate of drug-likeness (QED) is 0.817. The number of anilines is 1. The van der Waals surface area contributed by atoms with E-state index in [2.05, 4.69) is 0 Å². The molecule has 102 valence electrons. The third-order valence-electron chi connectivity index (χ3n) is 2.96. The van der Waals surface area contributed by atoms with E-state index >= 15 is 0 Å². The van der Waals surface area contributed by atoms with Gasteiger partial charge in [0.2, 0.25) is 5.91 Å². The maximum atomic E-state index is 13.9. The van der Waals surface area contributed by atoms with E-state index in [-0.39, 0.29) is 17.9 Å². The molecule has 1 atom stereocenters. The number of hydrogen-bond donors (Lipinski definition) is 2. The van der Waals surface area contributed by atoms with E-state index in [1.807, 2.05) is 0 Å².